The van der Waals surface area contributed by atoms with E-state index in [4.69, 9.17) is 4.74 Å². The van der Waals surface area contributed by atoms with Crippen molar-refractivity contribution in [2.45, 2.75) is 17.9 Å². The first-order chi connectivity index (χ1) is 11.0. The normalized spacial score (nSPS) is 19.7. The van der Waals surface area contributed by atoms with Gasteiger partial charge in [0.15, 0.2) is 0 Å². The highest BCUT2D eigenvalue weighted by Crippen LogP contribution is 2.31. The number of nitrogens with zero attached hydrogens (tertiary/aromatic N) is 1. The Morgan fingerprint density at radius 3 is 2.61 bits per heavy atom. The highest BCUT2D eigenvalue weighted by atomic mass is 32.2. The first-order valence-electron chi connectivity index (χ1n) is 7.41. The fraction of sp³-hybridized carbons (Fsp3) is 0.294. The topological polar surface area (TPSA) is 46.6 Å². The Bertz CT molecular complexity index is 793. The van der Waals surface area contributed by atoms with Gasteiger partial charge in [-0.3, -0.25) is 0 Å². The number of halogens is 1. The maximum atomic E-state index is 13.3. The number of aryl methyl sites for hydroxylation is 1. The van der Waals surface area contributed by atoms with E-state index in [1.165, 1.54) is 22.5 Å². The van der Waals surface area contributed by atoms with Crippen molar-refractivity contribution in [1.82, 2.24) is 4.31 Å². The van der Waals surface area contributed by atoms with Gasteiger partial charge < -0.3 is 4.74 Å². The number of rotatable bonds is 3. The smallest absolute Gasteiger partial charge is 0.244 e. The lowest BCUT2D eigenvalue weighted by molar-refractivity contribution is 0.0320. The molecule has 0 spiro atoms. The molecule has 3 rings (SSSR count). The zero-order valence-electron chi connectivity index (χ0n) is 12.8. The van der Waals surface area contributed by atoms with Crippen LogP contribution < -0.4 is 0 Å². The second-order valence-corrected chi connectivity index (χ2v) is 7.39. The van der Waals surface area contributed by atoms with Gasteiger partial charge in [-0.05, 0) is 36.2 Å². The molecule has 0 N–H and O–H groups in total. The third kappa shape index (κ3) is 3.15. The molecule has 1 unspecified atom stereocenters. The molecule has 0 radical (unpaired) electrons. The molecule has 0 saturated carbocycles. The predicted octanol–water partition coefficient (Wildman–Crippen LogP) is 2.90. The summed E-state index contributed by atoms with van der Waals surface area (Å²) in [6.45, 7) is 2.54. The van der Waals surface area contributed by atoms with Crippen molar-refractivity contribution in [2.75, 3.05) is 19.8 Å². The van der Waals surface area contributed by atoms with Crippen LogP contribution in [0, 0.1) is 12.7 Å². The van der Waals surface area contributed by atoms with Crippen molar-refractivity contribution in [1.29, 1.82) is 0 Å². The van der Waals surface area contributed by atoms with E-state index in [1.54, 1.807) is 6.92 Å². The number of benzene rings is 2. The lowest BCUT2D eigenvalue weighted by atomic mass is 10.1. The molecule has 1 saturated heterocycles. The van der Waals surface area contributed by atoms with Crippen LogP contribution in [0.3, 0.4) is 0 Å². The maximum Gasteiger partial charge on any atom is 0.244 e. The fourth-order valence-electron chi connectivity index (χ4n) is 2.84. The Morgan fingerprint density at radius 1 is 1.17 bits per heavy atom. The predicted molar refractivity (Wildman–Crippen MR) is 85.0 cm³/mol. The van der Waals surface area contributed by atoms with Gasteiger partial charge in [-0.1, -0.05) is 30.3 Å². The molecule has 122 valence electrons. The average molecular weight is 335 g/mol. The molecule has 2 aromatic carbocycles. The standard InChI is InChI=1S/C17H18FNO3S/c1-13-11-15(18)7-8-17(13)23(20,21)19-9-10-22-12-16(19)14-5-3-2-4-6-14/h2-8,11,16H,9-10,12H2,1H3. The Morgan fingerprint density at radius 2 is 1.91 bits per heavy atom. The summed E-state index contributed by atoms with van der Waals surface area (Å²) in [5, 5.41) is 0. The van der Waals surface area contributed by atoms with Gasteiger partial charge in [0.1, 0.15) is 5.82 Å². The van der Waals surface area contributed by atoms with E-state index in [0.29, 0.717) is 18.8 Å². The van der Waals surface area contributed by atoms with Crippen LogP contribution in [0.5, 0.6) is 0 Å². The summed E-state index contributed by atoms with van der Waals surface area (Å²) in [5.41, 5.74) is 1.29. The van der Waals surface area contributed by atoms with Crippen LogP contribution >= 0.6 is 0 Å². The molecule has 1 aliphatic rings. The van der Waals surface area contributed by atoms with E-state index in [1.807, 2.05) is 30.3 Å². The van der Waals surface area contributed by atoms with Crippen LogP contribution in [-0.2, 0) is 14.8 Å². The molecule has 0 amide bonds. The second-order valence-electron chi connectivity index (χ2n) is 5.53. The van der Waals surface area contributed by atoms with E-state index in [0.717, 1.165) is 5.56 Å². The van der Waals surface area contributed by atoms with E-state index in [2.05, 4.69) is 0 Å². The Hall–Kier alpha value is -1.76. The summed E-state index contributed by atoms with van der Waals surface area (Å²) >= 11 is 0. The SMILES string of the molecule is Cc1cc(F)ccc1S(=O)(=O)N1CCOCC1c1ccccc1. The van der Waals surface area contributed by atoms with Gasteiger partial charge in [-0.2, -0.15) is 4.31 Å². The Balaban J connectivity index is 2.02. The average Bonchev–Trinajstić information content (AvgIpc) is 2.55. The number of ether oxygens (including phenoxy) is 1. The van der Waals surface area contributed by atoms with E-state index in [9.17, 15) is 12.8 Å². The quantitative estimate of drug-likeness (QED) is 0.866. The summed E-state index contributed by atoms with van der Waals surface area (Å²) in [4.78, 5) is 0.140. The monoisotopic (exact) mass is 335 g/mol. The minimum atomic E-state index is -3.72. The molecule has 1 fully saturated rings. The molecule has 1 heterocycles. The molecule has 6 heteroatoms. The van der Waals surface area contributed by atoms with Crippen molar-refractivity contribution in [2.24, 2.45) is 0 Å². The number of sulfonamides is 1. The molecule has 1 aliphatic heterocycles. The van der Waals surface area contributed by atoms with E-state index < -0.39 is 15.8 Å². The highest BCUT2D eigenvalue weighted by Gasteiger charge is 2.35. The van der Waals surface area contributed by atoms with Gasteiger partial charge in [0.25, 0.3) is 0 Å². The molecule has 23 heavy (non-hydrogen) atoms. The Labute approximate surface area is 135 Å². The third-order valence-electron chi connectivity index (χ3n) is 3.99. The zero-order chi connectivity index (χ0) is 16.4. The highest BCUT2D eigenvalue weighted by molar-refractivity contribution is 7.89. The third-order valence-corrected chi connectivity index (χ3v) is 6.06. The van der Waals surface area contributed by atoms with Gasteiger partial charge in [-0.25, -0.2) is 12.8 Å². The van der Waals surface area contributed by atoms with Crippen molar-refractivity contribution < 1.29 is 17.5 Å². The maximum absolute atomic E-state index is 13.3. The van der Waals surface area contributed by atoms with Gasteiger partial charge in [0.2, 0.25) is 10.0 Å². The van der Waals surface area contributed by atoms with Crippen LogP contribution in [0.15, 0.2) is 53.4 Å². The molecule has 1 atom stereocenters. The number of morpholine rings is 1. The van der Waals surface area contributed by atoms with E-state index in [-0.39, 0.29) is 17.5 Å². The first kappa shape index (κ1) is 16.1. The lowest BCUT2D eigenvalue weighted by Gasteiger charge is -2.35. The summed E-state index contributed by atoms with van der Waals surface area (Å²) in [5.74, 6) is -0.442. The summed E-state index contributed by atoms with van der Waals surface area (Å²) in [7, 11) is -3.72. The Kier molecular flexibility index (Phi) is 4.48. The number of hydrogen-bond acceptors (Lipinski definition) is 3. The minimum Gasteiger partial charge on any atom is -0.378 e. The van der Waals surface area contributed by atoms with Gasteiger partial charge in [0.05, 0.1) is 24.2 Å². The van der Waals surface area contributed by atoms with Crippen LogP contribution in [-0.4, -0.2) is 32.5 Å². The van der Waals surface area contributed by atoms with Crippen molar-refractivity contribution in [3.8, 4) is 0 Å². The second kappa shape index (κ2) is 6.39. The summed E-state index contributed by atoms with van der Waals surface area (Å²) in [6.07, 6.45) is 0. The lowest BCUT2D eigenvalue weighted by Crippen LogP contribution is -2.43. The molecule has 0 aromatic heterocycles. The molecule has 0 aliphatic carbocycles. The van der Waals surface area contributed by atoms with Crippen LogP contribution in [0.4, 0.5) is 4.39 Å². The van der Waals surface area contributed by atoms with E-state index >= 15 is 0 Å². The first-order valence-corrected chi connectivity index (χ1v) is 8.85. The van der Waals surface area contributed by atoms with Crippen LogP contribution in [0.2, 0.25) is 0 Å². The molecule has 0 bridgehead atoms. The van der Waals surface area contributed by atoms with Crippen LogP contribution in [0.1, 0.15) is 17.2 Å². The minimum absolute atomic E-state index is 0.140. The van der Waals surface area contributed by atoms with Crippen molar-refractivity contribution in [3.63, 3.8) is 0 Å². The molecule has 2 aromatic rings. The van der Waals surface area contributed by atoms with Gasteiger partial charge >= 0.3 is 0 Å². The summed E-state index contributed by atoms with van der Waals surface area (Å²) < 4.78 is 46.3. The van der Waals surface area contributed by atoms with Crippen molar-refractivity contribution in [3.05, 3.63) is 65.5 Å². The van der Waals surface area contributed by atoms with Crippen molar-refractivity contribution >= 4 is 10.0 Å². The fourth-order valence-corrected chi connectivity index (χ4v) is 4.63. The van der Waals surface area contributed by atoms with Gasteiger partial charge in [0, 0.05) is 6.54 Å². The molecular formula is C17H18FNO3S. The number of hydrogen-bond donors (Lipinski definition) is 0. The molecule has 4 nitrogen and oxygen atoms in total. The van der Waals surface area contributed by atoms with Crippen LogP contribution in [0.25, 0.3) is 0 Å². The molecular weight excluding hydrogens is 317 g/mol. The zero-order valence-corrected chi connectivity index (χ0v) is 13.6. The summed E-state index contributed by atoms with van der Waals surface area (Å²) in [6, 6.07) is 12.8. The largest absolute Gasteiger partial charge is 0.378 e. The van der Waals surface area contributed by atoms with Gasteiger partial charge in [-0.15, -0.1) is 0 Å².